The van der Waals surface area contributed by atoms with Crippen LogP contribution in [0, 0.1) is 11.3 Å². The molecule has 0 saturated heterocycles. The number of rotatable bonds is 4. The first-order valence-electron chi connectivity index (χ1n) is 6.86. The third-order valence-electron chi connectivity index (χ3n) is 3.26. The summed E-state index contributed by atoms with van der Waals surface area (Å²) >= 11 is 5.69. The Kier molecular flexibility index (Phi) is 5.06. The monoisotopic (exact) mass is 372 g/mol. The molecule has 0 aliphatic carbocycles. The number of halogens is 4. The van der Waals surface area contributed by atoms with Crippen molar-refractivity contribution in [2.24, 2.45) is 0 Å². The molecule has 1 aromatic heterocycles. The number of benzene rings is 1. The van der Waals surface area contributed by atoms with E-state index in [4.69, 9.17) is 16.9 Å². The first-order valence-corrected chi connectivity index (χ1v) is 7.24. The molecular weight excluding hydrogens is 361 g/mol. The molecule has 0 fully saturated rings. The van der Waals surface area contributed by atoms with Gasteiger partial charge in [0.05, 0.1) is 35.0 Å². The van der Waals surface area contributed by atoms with Crippen molar-refractivity contribution in [3.05, 3.63) is 46.7 Å². The second kappa shape index (κ2) is 6.74. The molecule has 132 valence electrons. The van der Waals surface area contributed by atoms with Gasteiger partial charge in [0.25, 0.3) is 5.91 Å². The van der Waals surface area contributed by atoms with E-state index < -0.39 is 28.8 Å². The van der Waals surface area contributed by atoms with E-state index in [1.54, 1.807) is 0 Å². The van der Waals surface area contributed by atoms with Crippen molar-refractivity contribution in [2.45, 2.75) is 25.2 Å². The van der Waals surface area contributed by atoms with Crippen molar-refractivity contribution in [3.63, 3.8) is 0 Å². The van der Waals surface area contributed by atoms with Gasteiger partial charge < -0.3 is 10.4 Å². The van der Waals surface area contributed by atoms with E-state index in [1.807, 2.05) is 0 Å². The summed E-state index contributed by atoms with van der Waals surface area (Å²) in [5.41, 5.74) is -3.90. The molecule has 1 atom stereocenters. The van der Waals surface area contributed by atoms with E-state index in [0.29, 0.717) is 11.1 Å². The molecule has 0 aliphatic heterocycles. The normalized spacial score (nSPS) is 13.8. The van der Waals surface area contributed by atoms with Crippen LogP contribution < -0.4 is 5.32 Å². The Morgan fingerprint density at radius 1 is 1.48 bits per heavy atom. The molecule has 1 unspecified atom stereocenters. The predicted molar refractivity (Wildman–Crippen MR) is 82.6 cm³/mol. The second-order valence-electron chi connectivity index (χ2n) is 5.45. The molecule has 2 rings (SSSR count). The number of hydrogen-bond donors (Lipinski definition) is 2. The third kappa shape index (κ3) is 4.49. The number of hydrogen-bond acceptors (Lipinski definition) is 4. The van der Waals surface area contributed by atoms with Crippen LogP contribution >= 0.6 is 11.6 Å². The highest BCUT2D eigenvalue weighted by molar-refractivity contribution is 6.30. The Morgan fingerprint density at radius 3 is 2.68 bits per heavy atom. The molecule has 0 radical (unpaired) electrons. The predicted octanol–water partition coefficient (Wildman–Crippen LogP) is 2.82. The molecule has 2 aromatic rings. The summed E-state index contributed by atoms with van der Waals surface area (Å²) < 4.78 is 40.0. The molecule has 6 nitrogen and oxygen atoms in total. The summed E-state index contributed by atoms with van der Waals surface area (Å²) in [5.74, 6) is -0.933. The van der Waals surface area contributed by atoms with Gasteiger partial charge in [-0.2, -0.15) is 23.5 Å². The summed E-state index contributed by atoms with van der Waals surface area (Å²) in [6.45, 7) is 0.931. The maximum atomic E-state index is 12.9. The van der Waals surface area contributed by atoms with Gasteiger partial charge in [-0.05, 0) is 25.1 Å². The van der Waals surface area contributed by atoms with Gasteiger partial charge in [0.15, 0.2) is 5.60 Å². The van der Waals surface area contributed by atoms with Crippen LogP contribution in [0.15, 0.2) is 30.6 Å². The molecule has 0 saturated carbocycles. The van der Waals surface area contributed by atoms with E-state index in [2.05, 4.69) is 10.4 Å². The number of carbonyl (C=O) groups excluding carboxylic acids is 1. The highest BCUT2D eigenvalue weighted by atomic mass is 35.5. The number of carbonyl (C=O) groups is 1. The van der Waals surface area contributed by atoms with Crippen LogP contribution in [0.3, 0.4) is 0 Å². The highest BCUT2D eigenvalue weighted by Crippen LogP contribution is 2.33. The molecule has 1 heterocycles. The van der Waals surface area contributed by atoms with Crippen molar-refractivity contribution in [1.82, 2.24) is 9.78 Å². The molecule has 0 aliphatic rings. The lowest BCUT2D eigenvalue weighted by molar-refractivity contribution is -0.138. The van der Waals surface area contributed by atoms with E-state index in [9.17, 15) is 23.1 Å². The number of nitriles is 1. The average molecular weight is 373 g/mol. The van der Waals surface area contributed by atoms with Crippen molar-refractivity contribution in [3.8, 4) is 6.07 Å². The van der Waals surface area contributed by atoms with Gasteiger partial charge >= 0.3 is 6.18 Å². The minimum absolute atomic E-state index is 0.199. The fourth-order valence-corrected chi connectivity index (χ4v) is 2.19. The molecule has 25 heavy (non-hydrogen) atoms. The molecule has 0 spiro atoms. The number of amides is 1. The van der Waals surface area contributed by atoms with E-state index in [1.165, 1.54) is 30.1 Å². The summed E-state index contributed by atoms with van der Waals surface area (Å²) in [7, 11) is 0. The average Bonchev–Trinajstić information content (AvgIpc) is 2.90. The van der Waals surface area contributed by atoms with Crippen LogP contribution in [0.5, 0.6) is 0 Å². The lowest BCUT2D eigenvalue weighted by Gasteiger charge is -2.22. The third-order valence-corrected chi connectivity index (χ3v) is 3.46. The molecule has 10 heteroatoms. The SMILES string of the molecule is CC(O)(Cn1cc(Cl)cn1)C(=O)Nc1ccc(C#N)c(C(F)(F)F)c1. The van der Waals surface area contributed by atoms with Crippen molar-refractivity contribution < 1.29 is 23.1 Å². The summed E-state index contributed by atoms with van der Waals surface area (Å²) in [6, 6.07) is 4.17. The fourth-order valence-electron chi connectivity index (χ4n) is 2.03. The number of nitrogens with zero attached hydrogens (tertiary/aromatic N) is 3. The van der Waals surface area contributed by atoms with Gasteiger partial charge in [0.1, 0.15) is 0 Å². The smallest absolute Gasteiger partial charge is 0.378 e. The fraction of sp³-hybridized carbons (Fsp3) is 0.267. The minimum Gasteiger partial charge on any atom is -0.378 e. The minimum atomic E-state index is -4.75. The zero-order valence-electron chi connectivity index (χ0n) is 12.8. The summed E-state index contributed by atoms with van der Waals surface area (Å²) in [6.07, 6.45) is -2.06. The molecule has 1 amide bonds. The van der Waals surface area contributed by atoms with Crippen LogP contribution in [0.1, 0.15) is 18.1 Å². The Balaban J connectivity index is 2.21. The Bertz CT molecular complexity index is 840. The number of aromatic nitrogens is 2. The van der Waals surface area contributed by atoms with Crippen LogP contribution in [0.4, 0.5) is 18.9 Å². The van der Waals surface area contributed by atoms with Gasteiger partial charge in [0, 0.05) is 11.9 Å². The molecule has 2 N–H and O–H groups in total. The number of nitrogens with one attached hydrogen (secondary N) is 1. The van der Waals surface area contributed by atoms with Crippen molar-refractivity contribution >= 4 is 23.2 Å². The Morgan fingerprint density at radius 2 is 2.16 bits per heavy atom. The zero-order valence-corrected chi connectivity index (χ0v) is 13.6. The van der Waals surface area contributed by atoms with Gasteiger partial charge in [-0.25, -0.2) is 0 Å². The summed E-state index contributed by atoms with van der Waals surface area (Å²) in [4.78, 5) is 12.2. The van der Waals surface area contributed by atoms with Crippen LogP contribution in [-0.2, 0) is 17.5 Å². The van der Waals surface area contributed by atoms with Gasteiger partial charge in [-0.3, -0.25) is 9.48 Å². The van der Waals surface area contributed by atoms with Crippen LogP contribution in [0.25, 0.3) is 0 Å². The van der Waals surface area contributed by atoms with Gasteiger partial charge in [-0.1, -0.05) is 11.6 Å². The quantitative estimate of drug-likeness (QED) is 0.863. The van der Waals surface area contributed by atoms with E-state index in [0.717, 1.165) is 12.1 Å². The van der Waals surface area contributed by atoms with Crippen LogP contribution in [-0.4, -0.2) is 26.4 Å². The highest BCUT2D eigenvalue weighted by Gasteiger charge is 2.35. The lowest BCUT2D eigenvalue weighted by Crippen LogP contribution is -2.43. The number of alkyl halides is 3. The zero-order chi connectivity index (χ0) is 18.8. The van der Waals surface area contributed by atoms with Gasteiger partial charge in [-0.15, -0.1) is 0 Å². The lowest BCUT2D eigenvalue weighted by atomic mass is 10.0. The topological polar surface area (TPSA) is 90.9 Å². The first kappa shape index (κ1) is 18.8. The standard InChI is InChI=1S/C15H12ClF3N4O2/c1-14(25,8-23-7-10(16)6-21-23)13(24)22-11-3-2-9(5-20)12(4-11)15(17,18)19/h2-4,6-7,25H,8H2,1H3,(H,22,24). The molecule has 1 aromatic carbocycles. The van der Waals surface area contributed by atoms with Crippen molar-refractivity contribution in [2.75, 3.05) is 5.32 Å². The number of aliphatic hydroxyl groups is 1. The van der Waals surface area contributed by atoms with E-state index >= 15 is 0 Å². The van der Waals surface area contributed by atoms with Crippen molar-refractivity contribution in [1.29, 1.82) is 5.26 Å². The van der Waals surface area contributed by atoms with Gasteiger partial charge in [0.2, 0.25) is 0 Å². The second-order valence-corrected chi connectivity index (χ2v) is 5.89. The largest absolute Gasteiger partial charge is 0.417 e. The molecule has 0 bridgehead atoms. The van der Waals surface area contributed by atoms with Crippen LogP contribution in [0.2, 0.25) is 5.02 Å². The first-order chi connectivity index (χ1) is 11.5. The summed E-state index contributed by atoms with van der Waals surface area (Å²) in [5, 5.41) is 25.3. The number of anilines is 1. The Hall–Kier alpha value is -2.57. The Labute approximate surface area is 145 Å². The maximum Gasteiger partial charge on any atom is 0.417 e. The van der Waals surface area contributed by atoms with E-state index in [-0.39, 0.29) is 12.2 Å². The molecular formula is C15H12ClF3N4O2. The maximum absolute atomic E-state index is 12.9.